The summed E-state index contributed by atoms with van der Waals surface area (Å²) < 4.78 is 6.12. The van der Waals surface area contributed by atoms with Crippen LogP contribution in [0, 0.1) is 27.9 Å². The highest BCUT2D eigenvalue weighted by molar-refractivity contribution is 6.03. The number of rotatable bonds is 7. The molecular weight excluding hydrogens is 458 g/mol. The fourth-order valence-electron chi connectivity index (χ4n) is 5.60. The van der Waals surface area contributed by atoms with Crippen molar-refractivity contribution in [3.63, 3.8) is 0 Å². The molecule has 1 saturated carbocycles. The summed E-state index contributed by atoms with van der Waals surface area (Å²) in [6.07, 6.45) is 2.64. The van der Waals surface area contributed by atoms with Gasteiger partial charge in [-0.25, -0.2) is 9.59 Å². The van der Waals surface area contributed by atoms with Gasteiger partial charge >= 0.3 is 12.0 Å². The molecule has 2 amide bonds. The lowest BCUT2D eigenvalue weighted by atomic mass is 9.75. The maximum absolute atomic E-state index is 13.7. The number of carbonyl (C=O) groups excluding carboxylic acids is 2. The summed E-state index contributed by atoms with van der Waals surface area (Å²) >= 11 is 0. The first-order chi connectivity index (χ1) is 17.2. The Morgan fingerprint density at radius 2 is 1.72 bits per heavy atom. The summed E-state index contributed by atoms with van der Waals surface area (Å²) in [5.41, 5.74) is 0.808. The van der Waals surface area contributed by atoms with Crippen LogP contribution < -0.4 is 4.90 Å². The molecule has 1 aliphatic carbocycles. The lowest BCUT2D eigenvalue weighted by Gasteiger charge is -2.37. The van der Waals surface area contributed by atoms with Crippen LogP contribution in [-0.4, -0.2) is 40.5 Å². The zero-order chi connectivity index (χ0) is 26.0. The van der Waals surface area contributed by atoms with Crippen LogP contribution in [0.4, 0.5) is 16.2 Å². The number of esters is 1. The van der Waals surface area contributed by atoms with Gasteiger partial charge in [0.1, 0.15) is 11.8 Å². The average Bonchev–Trinajstić information content (AvgIpc) is 3.20. The topological polar surface area (TPSA) is 93.0 Å². The standard InChI is InChI=1S/C28H35N3O5/c1-18(2)22-15-14-19(3)16-26(22)36-27(32)25-17-29(20(4)21-10-6-5-7-11-21)28(33)30(25)23-12-8-9-13-24(23)31(34)35/h5-13,18-20,22,25-26H,14-17H2,1-4H3/t19-,20-,22+,25-,26-/m1/s1. The molecule has 1 aliphatic heterocycles. The average molecular weight is 494 g/mol. The minimum atomic E-state index is -0.977. The first kappa shape index (κ1) is 25.7. The third-order valence-corrected chi connectivity index (χ3v) is 7.72. The lowest BCUT2D eigenvalue weighted by Crippen LogP contribution is -2.45. The fourth-order valence-corrected chi connectivity index (χ4v) is 5.60. The summed E-state index contributed by atoms with van der Waals surface area (Å²) in [6.45, 7) is 8.44. The van der Waals surface area contributed by atoms with E-state index in [4.69, 9.17) is 4.74 Å². The van der Waals surface area contributed by atoms with Crippen LogP contribution in [0.2, 0.25) is 0 Å². The molecule has 0 bridgehead atoms. The number of hydrogen-bond acceptors (Lipinski definition) is 5. The maximum Gasteiger partial charge on any atom is 0.331 e. The summed E-state index contributed by atoms with van der Waals surface area (Å²) in [4.78, 5) is 41.6. The fraction of sp³-hybridized carbons (Fsp3) is 0.500. The van der Waals surface area contributed by atoms with E-state index >= 15 is 0 Å². The second-order valence-electron chi connectivity index (χ2n) is 10.5. The van der Waals surface area contributed by atoms with Gasteiger partial charge in [0, 0.05) is 6.07 Å². The number of carbonyl (C=O) groups is 2. The van der Waals surface area contributed by atoms with Gasteiger partial charge in [-0.05, 0) is 49.1 Å². The third-order valence-electron chi connectivity index (χ3n) is 7.72. The molecule has 1 heterocycles. The van der Waals surface area contributed by atoms with Crippen LogP contribution in [0.15, 0.2) is 54.6 Å². The lowest BCUT2D eigenvalue weighted by molar-refractivity contribution is -0.384. The van der Waals surface area contributed by atoms with E-state index in [-0.39, 0.29) is 36.0 Å². The van der Waals surface area contributed by atoms with Gasteiger partial charge in [-0.2, -0.15) is 0 Å². The monoisotopic (exact) mass is 493 g/mol. The highest BCUT2D eigenvalue weighted by atomic mass is 16.6. The SMILES string of the molecule is CC(C)[C@@H]1CC[C@@H](C)C[C@H]1OC(=O)[C@H]1CN([C@H](C)c2ccccc2)C(=O)N1c1ccccc1[N+](=O)[O-]. The molecule has 2 aliphatic rings. The van der Waals surface area contributed by atoms with E-state index in [0.29, 0.717) is 11.8 Å². The Kier molecular flexibility index (Phi) is 7.62. The van der Waals surface area contributed by atoms with Crippen molar-refractivity contribution in [2.75, 3.05) is 11.4 Å². The Hall–Kier alpha value is -3.42. The molecule has 192 valence electrons. The summed E-state index contributed by atoms with van der Waals surface area (Å²) in [6, 6.07) is 13.9. The van der Waals surface area contributed by atoms with Crippen LogP contribution in [0.25, 0.3) is 0 Å². The molecule has 36 heavy (non-hydrogen) atoms. The molecule has 1 saturated heterocycles. The molecule has 0 N–H and O–H groups in total. The Bertz CT molecular complexity index is 1110. The molecule has 5 atom stereocenters. The molecule has 2 aromatic rings. The van der Waals surface area contributed by atoms with Crippen LogP contribution in [0.3, 0.4) is 0 Å². The van der Waals surface area contributed by atoms with E-state index in [1.165, 1.54) is 17.0 Å². The highest BCUT2D eigenvalue weighted by Gasteiger charge is 2.48. The molecule has 2 aromatic carbocycles. The number of nitro groups is 1. The number of nitrogens with zero attached hydrogens (tertiary/aromatic N) is 3. The predicted molar refractivity (Wildman–Crippen MR) is 138 cm³/mol. The Morgan fingerprint density at radius 3 is 2.39 bits per heavy atom. The van der Waals surface area contributed by atoms with Crippen molar-refractivity contribution in [2.45, 2.75) is 65.1 Å². The van der Waals surface area contributed by atoms with Gasteiger partial charge in [-0.3, -0.25) is 15.0 Å². The summed E-state index contributed by atoms with van der Waals surface area (Å²) in [5.74, 6) is 0.556. The van der Waals surface area contributed by atoms with Crippen molar-refractivity contribution < 1.29 is 19.2 Å². The van der Waals surface area contributed by atoms with Gasteiger partial charge < -0.3 is 9.64 Å². The quantitative estimate of drug-likeness (QED) is 0.269. The van der Waals surface area contributed by atoms with Crippen molar-refractivity contribution in [3.05, 3.63) is 70.3 Å². The van der Waals surface area contributed by atoms with Crippen LogP contribution in [0.5, 0.6) is 0 Å². The zero-order valence-corrected chi connectivity index (χ0v) is 21.4. The molecule has 2 fully saturated rings. The minimum Gasteiger partial charge on any atom is -0.460 e. The normalized spacial score (nSPS) is 25.2. The van der Waals surface area contributed by atoms with E-state index in [2.05, 4.69) is 20.8 Å². The number of anilines is 1. The van der Waals surface area contributed by atoms with Crippen molar-refractivity contribution in [1.82, 2.24) is 4.90 Å². The summed E-state index contributed by atoms with van der Waals surface area (Å²) in [7, 11) is 0. The third kappa shape index (κ3) is 5.08. The van der Waals surface area contributed by atoms with Crippen molar-refractivity contribution in [2.24, 2.45) is 17.8 Å². The predicted octanol–water partition coefficient (Wildman–Crippen LogP) is 5.97. The minimum absolute atomic E-state index is 0.0917. The molecule has 8 heteroatoms. The van der Waals surface area contributed by atoms with Crippen LogP contribution >= 0.6 is 0 Å². The van der Waals surface area contributed by atoms with E-state index < -0.39 is 23.0 Å². The van der Waals surface area contributed by atoms with Crippen LogP contribution in [-0.2, 0) is 9.53 Å². The number of nitro benzene ring substituents is 1. The van der Waals surface area contributed by atoms with Gasteiger partial charge in [0.25, 0.3) is 5.69 Å². The second kappa shape index (κ2) is 10.7. The Morgan fingerprint density at radius 1 is 1.06 bits per heavy atom. The summed E-state index contributed by atoms with van der Waals surface area (Å²) in [5, 5.41) is 11.8. The molecule has 0 aromatic heterocycles. The van der Waals surface area contributed by atoms with Crippen molar-refractivity contribution >= 4 is 23.4 Å². The number of para-hydroxylation sites is 2. The molecule has 0 unspecified atom stereocenters. The van der Waals surface area contributed by atoms with Crippen molar-refractivity contribution in [1.29, 1.82) is 0 Å². The highest BCUT2D eigenvalue weighted by Crippen LogP contribution is 2.39. The van der Waals surface area contributed by atoms with E-state index in [0.717, 1.165) is 24.8 Å². The van der Waals surface area contributed by atoms with Gasteiger partial charge in [0.15, 0.2) is 6.04 Å². The molecule has 8 nitrogen and oxygen atoms in total. The molecule has 0 radical (unpaired) electrons. The number of urea groups is 1. The largest absolute Gasteiger partial charge is 0.460 e. The Labute approximate surface area is 212 Å². The van der Waals surface area contributed by atoms with Gasteiger partial charge in [0.2, 0.25) is 0 Å². The Balaban J connectivity index is 1.68. The first-order valence-electron chi connectivity index (χ1n) is 12.8. The molecular formula is C28H35N3O5. The first-order valence-corrected chi connectivity index (χ1v) is 12.8. The number of benzene rings is 2. The van der Waals surface area contributed by atoms with Gasteiger partial charge in [-0.1, -0.05) is 69.7 Å². The van der Waals surface area contributed by atoms with Gasteiger partial charge in [0.05, 0.1) is 17.5 Å². The number of ether oxygens (including phenoxy) is 1. The zero-order valence-electron chi connectivity index (χ0n) is 21.4. The van der Waals surface area contributed by atoms with E-state index in [1.807, 2.05) is 37.3 Å². The van der Waals surface area contributed by atoms with E-state index in [1.54, 1.807) is 17.0 Å². The second-order valence-corrected chi connectivity index (χ2v) is 10.5. The molecule has 4 rings (SSSR count). The van der Waals surface area contributed by atoms with Gasteiger partial charge in [-0.15, -0.1) is 0 Å². The molecule has 0 spiro atoms. The maximum atomic E-state index is 13.7. The number of hydrogen-bond donors (Lipinski definition) is 0. The number of amides is 2. The van der Waals surface area contributed by atoms with Crippen LogP contribution in [0.1, 0.15) is 58.6 Å². The van der Waals surface area contributed by atoms with Crippen molar-refractivity contribution in [3.8, 4) is 0 Å². The van der Waals surface area contributed by atoms with E-state index in [9.17, 15) is 19.7 Å². The smallest absolute Gasteiger partial charge is 0.331 e.